The molecule has 0 saturated heterocycles. The lowest BCUT2D eigenvalue weighted by molar-refractivity contribution is -0.129. The van der Waals surface area contributed by atoms with Crippen LogP contribution in [0, 0.1) is 16.3 Å². The molecule has 8 heteroatoms. The highest BCUT2D eigenvalue weighted by molar-refractivity contribution is 14.1. The molecular weight excluding hydrogens is 656 g/mol. The van der Waals surface area contributed by atoms with E-state index in [4.69, 9.17) is 9.47 Å². The molecule has 4 rings (SSSR count). The van der Waals surface area contributed by atoms with Gasteiger partial charge >= 0.3 is 5.97 Å². The molecule has 0 unspecified atom stereocenters. The molecule has 1 aliphatic rings. The molecule has 1 aliphatic heterocycles. The molecule has 32 heavy (non-hydrogen) atoms. The number of esters is 1. The minimum Gasteiger partial charge on any atom is -0.486 e. The van der Waals surface area contributed by atoms with Crippen LogP contribution in [0.25, 0.3) is 6.08 Å². The van der Waals surface area contributed by atoms with E-state index < -0.39 is 5.97 Å². The van der Waals surface area contributed by atoms with Gasteiger partial charge in [-0.1, -0.05) is 18.2 Å². The normalized spacial score (nSPS) is 14.5. The van der Waals surface area contributed by atoms with Gasteiger partial charge in [-0.25, -0.2) is 14.2 Å². The average molecular weight is 671 g/mol. The first-order chi connectivity index (χ1) is 15.3. The fraction of sp³-hybridized carbons (Fsp3) is 0.0833. The van der Waals surface area contributed by atoms with E-state index in [9.17, 15) is 9.18 Å². The second-order valence-corrected chi connectivity index (χ2v) is 9.86. The smallest absolute Gasteiger partial charge is 0.363 e. The van der Waals surface area contributed by atoms with Crippen molar-refractivity contribution in [3.05, 3.63) is 101 Å². The van der Waals surface area contributed by atoms with Gasteiger partial charge in [0.25, 0.3) is 0 Å². The number of hydrogen-bond donors (Lipinski definition) is 0. The number of halogens is 4. The van der Waals surface area contributed by atoms with Crippen molar-refractivity contribution in [1.82, 2.24) is 0 Å². The zero-order valence-electron chi connectivity index (χ0n) is 16.7. The van der Waals surface area contributed by atoms with Crippen LogP contribution in [-0.2, 0) is 16.1 Å². The summed E-state index contributed by atoms with van der Waals surface area (Å²) in [4.78, 5) is 16.7. The summed E-state index contributed by atoms with van der Waals surface area (Å²) in [6.07, 6.45) is 1.64. The highest BCUT2D eigenvalue weighted by Crippen LogP contribution is 2.36. The molecule has 0 amide bonds. The van der Waals surface area contributed by atoms with Gasteiger partial charge in [0.05, 0.1) is 8.95 Å². The van der Waals surface area contributed by atoms with Crippen molar-refractivity contribution >= 4 is 72.4 Å². The molecule has 0 atom stereocenters. The number of hydrogen-bond acceptors (Lipinski definition) is 4. The predicted octanol–water partition coefficient (Wildman–Crippen LogP) is 7.19. The molecular formula is C24H15Br2FINO3. The Kier molecular flexibility index (Phi) is 7.11. The summed E-state index contributed by atoms with van der Waals surface area (Å²) in [5, 5.41) is 0. The lowest BCUT2D eigenvalue weighted by atomic mass is 10.1. The molecule has 0 spiro atoms. The molecule has 4 nitrogen and oxygen atoms in total. The molecule has 0 saturated carbocycles. The molecule has 0 aromatic heterocycles. The van der Waals surface area contributed by atoms with Gasteiger partial charge in [-0.2, -0.15) is 0 Å². The highest BCUT2D eigenvalue weighted by atomic mass is 127. The summed E-state index contributed by atoms with van der Waals surface area (Å²) in [5.41, 5.74) is 3.21. The third-order valence-corrected chi connectivity index (χ3v) is 7.07. The third kappa shape index (κ3) is 5.13. The Morgan fingerprint density at radius 1 is 1.12 bits per heavy atom. The van der Waals surface area contributed by atoms with Crippen molar-refractivity contribution in [1.29, 1.82) is 0 Å². The molecule has 0 fully saturated rings. The Bertz CT molecular complexity index is 1270. The van der Waals surface area contributed by atoms with E-state index in [2.05, 4.69) is 59.4 Å². The minimum atomic E-state index is -0.511. The molecule has 3 aromatic rings. The van der Waals surface area contributed by atoms with Crippen LogP contribution in [-0.4, -0.2) is 11.9 Å². The number of aryl methyl sites for hydroxylation is 1. The molecule has 0 N–H and O–H groups in total. The van der Waals surface area contributed by atoms with Gasteiger partial charge in [0.2, 0.25) is 5.90 Å². The number of rotatable bonds is 5. The zero-order chi connectivity index (χ0) is 22.8. The maximum absolute atomic E-state index is 13.8. The van der Waals surface area contributed by atoms with Crippen LogP contribution in [0.5, 0.6) is 5.75 Å². The van der Waals surface area contributed by atoms with Gasteiger partial charge < -0.3 is 9.47 Å². The second-order valence-electron chi connectivity index (χ2n) is 6.99. The second kappa shape index (κ2) is 9.84. The Morgan fingerprint density at radius 3 is 2.53 bits per heavy atom. The maximum atomic E-state index is 13.8. The summed E-state index contributed by atoms with van der Waals surface area (Å²) in [5.74, 6) is -0.0205. The standard InChI is InChI=1S/C24H15Br2FINO3/c1-13-8-15(6-7-20(13)28)23-29-21(24(30)32-23)11-14-9-17(25)22(18(26)10-14)31-12-16-4-2-3-5-19(16)27/h2-11H,12H2,1H3/b21-11-. The topological polar surface area (TPSA) is 47.9 Å². The van der Waals surface area contributed by atoms with Gasteiger partial charge in [-0.3, -0.25) is 0 Å². The Labute approximate surface area is 214 Å². The fourth-order valence-electron chi connectivity index (χ4n) is 3.03. The summed E-state index contributed by atoms with van der Waals surface area (Å²) in [6, 6.07) is 15.8. The van der Waals surface area contributed by atoms with Crippen molar-refractivity contribution in [2.24, 2.45) is 4.99 Å². The zero-order valence-corrected chi connectivity index (χ0v) is 22.0. The Morgan fingerprint density at radius 2 is 1.84 bits per heavy atom. The third-order valence-electron chi connectivity index (χ3n) is 4.68. The van der Waals surface area contributed by atoms with Crippen LogP contribution in [0.15, 0.2) is 74.2 Å². The van der Waals surface area contributed by atoms with Gasteiger partial charge in [-0.05, 0) is 115 Å². The summed E-state index contributed by atoms with van der Waals surface area (Å²) in [7, 11) is 0. The van der Waals surface area contributed by atoms with Crippen LogP contribution in [0.1, 0.15) is 22.3 Å². The Balaban J connectivity index is 1.57. The molecule has 0 bridgehead atoms. The molecule has 0 aliphatic carbocycles. The summed E-state index contributed by atoms with van der Waals surface area (Å²) in [6.45, 7) is 2.07. The quantitative estimate of drug-likeness (QED) is 0.164. The van der Waals surface area contributed by atoms with Crippen molar-refractivity contribution in [3.8, 4) is 5.75 Å². The van der Waals surface area contributed by atoms with Crippen LogP contribution >= 0.6 is 54.5 Å². The lowest BCUT2D eigenvalue weighted by Crippen LogP contribution is -2.05. The van der Waals surface area contributed by atoms with Crippen molar-refractivity contribution in [2.45, 2.75) is 13.5 Å². The van der Waals surface area contributed by atoms with Crippen molar-refractivity contribution in [2.75, 3.05) is 0 Å². The first-order valence-corrected chi connectivity index (χ1v) is 12.1. The van der Waals surface area contributed by atoms with Gasteiger partial charge in [0.15, 0.2) is 5.70 Å². The van der Waals surface area contributed by atoms with Crippen LogP contribution in [0.2, 0.25) is 0 Å². The number of carbonyl (C=O) groups excluding carboxylic acids is 1. The molecule has 1 heterocycles. The summed E-state index contributed by atoms with van der Waals surface area (Å²) >= 11 is 9.22. The SMILES string of the molecule is Cc1cc(C2=N/C(=C\c3cc(Br)c(OCc4ccccc4F)c(Br)c3)C(=O)O2)ccc1I. The molecule has 0 radical (unpaired) electrons. The minimum absolute atomic E-state index is 0.0831. The molecule has 162 valence electrons. The van der Waals surface area contributed by atoms with Crippen LogP contribution < -0.4 is 4.74 Å². The van der Waals surface area contributed by atoms with Gasteiger partial charge in [-0.15, -0.1) is 0 Å². The van der Waals surface area contributed by atoms with E-state index in [1.165, 1.54) is 6.07 Å². The first-order valence-electron chi connectivity index (χ1n) is 9.46. The number of nitrogens with zero attached hydrogens (tertiary/aromatic N) is 1. The van der Waals surface area contributed by atoms with E-state index in [1.54, 1.807) is 36.4 Å². The van der Waals surface area contributed by atoms with Gasteiger partial charge in [0.1, 0.15) is 18.2 Å². The van der Waals surface area contributed by atoms with E-state index >= 15 is 0 Å². The first kappa shape index (κ1) is 23.1. The number of aliphatic imine (C=N–C) groups is 1. The Hall–Kier alpha value is -2.04. The average Bonchev–Trinajstić information content (AvgIpc) is 3.11. The number of carbonyl (C=O) groups is 1. The predicted molar refractivity (Wildman–Crippen MR) is 137 cm³/mol. The van der Waals surface area contributed by atoms with Gasteiger partial charge in [0, 0.05) is 14.7 Å². The lowest BCUT2D eigenvalue weighted by Gasteiger charge is -2.12. The van der Waals surface area contributed by atoms with Crippen molar-refractivity contribution in [3.63, 3.8) is 0 Å². The van der Waals surface area contributed by atoms with E-state index in [-0.39, 0.29) is 24.0 Å². The van der Waals surface area contributed by atoms with E-state index in [0.29, 0.717) is 20.3 Å². The van der Waals surface area contributed by atoms with Crippen LogP contribution in [0.4, 0.5) is 4.39 Å². The van der Waals surface area contributed by atoms with E-state index in [1.807, 2.05) is 25.1 Å². The number of benzene rings is 3. The summed E-state index contributed by atoms with van der Waals surface area (Å²) < 4.78 is 27.4. The largest absolute Gasteiger partial charge is 0.486 e. The van der Waals surface area contributed by atoms with Crippen molar-refractivity contribution < 1.29 is 18.7 Å². The molecule has 3 aromatic carbocycles. The number of cyclic esters (lactones) is 1. The monoisotopic (exact) mass is 669 g/mol. The van der Waals surface area contributed by atoms with Crippen LogP contribution in [0.3, 0.4) is 0 Å². The van der Waals surface area contributed by atoms with E-state index in [0.717, 1.165) is 20.3 Å². The fourth-order valence-corrected chi connectivity index (χ4v) is 4.82. The maximum Gasteiger partial charge on any atom is 0.363 e. The number of ether oxygens (including phenoxy) is 2. The highest BCUT2D eigenvalue weighted by Gasteiger charge is 2.24.